The average molecular weight is 322 g/mol. The highest BCUT2D eigenvalue weighted by atomic mass is 32.2. The predicted octanol–water partition coefficient (Wildman–Crippen LogP) is 3.09. The van der Waals surface area contributed by atoms with Crippen molar-refractivity contribution in [2.24, 2.45) is 0 Å². The number of nitrogens with one attached hydrogen (secondary N) is 1. The summed E-state index contributed by atoms with van der Waals surface area (Å²) in [6.45, 7) is 4.62. The van der Waals surface area contributed by atoms with E-state index in [4.69, 9.17) is 4.74 Å². The average Bonchev–Trinajstić information content (AvgIpc) is 2.55. The van der Waals surface area contributed by atoms with Crippen LogP contribution in [0.2, 0.25) is 0 Å². The van der Waals surface area contributed by atoms with Gasteiger partial charge in [-0.15, -0.1) is 0 Å². The Bertz CT molecular complexity index is 469. The molecule has 5 heteroatoms. The van der Waals surface area contributed by atoms with E-state index in [1.54, 1.807) is 0 Å². The Morgan fingerprint density at radius 3 is 2.86 bits per heavy atom. The highest BCUT2D eigenvalue weighted by Crippen LogP contribution is 2.29. The van der Waals surface area contributed by atoms with Crippen LogP contribution in [0.25, 0.3) is 0 Å². The minimum atomic E-state index is -0.421. The van der Waals surface area contributed by atoms with E-state index in [9.17, 15) is 4.79 Å². The number of hydrogen-bond donors (Lipinski definition) is 1. The summed E-state index contributed by atoms with van der Waals surface area (Å²) in [7, 11) is 0. The fourth-order valence-corrected chi connectivity index (χ4v) is 3.18. The summed E-state index contributed by atoms with van der Waals surface area (Å²) in [5.41, 5.74) is 0.697. The molecule has 1 heterocycles. The van der Waals surface area contributed by atoms with E-state index in [0.29, 0.717) is 19.7 Å². The Morgan fingerprint density at radius 1 is 1.36 bits per heavy atom. The monoisotopic (exact) mass is 322 g/mol. The zero-order valence-electron chi connectivity index (χ0n) is 13.5. The Balaban J connectivity index is 1.86. The number of nitrogens with zero attached hydrogens (tertiary/aromatic N) is 1. The minimum absolute atomic E-state index is 0.0228. The molecule has 1 aliphatic heterocycles. The molecule has 122 valence electrons. The first-order chi connectivity index (χ1) is 10.7. The van der Waals surface area contributed by atoms with E-state index in [-0.39, 0.29) is 6.03 Å². The lowest BCUT2D eigenvalue weighted by atomic mass is 9.94. The fraction of sp³-hybridized carbons (Fsp3) is 0.588. The number of benzene rings is 1. The van der Waals surface area contributed by atoms with Gasteiger partial charge in [-0.2, -0.15) is 11.8 Å². The number of ether oxygens (including phenoxy) is 1. The van der Waals surface area contributed by atoms with Crippen LogP contribution in [0.15, 0.2) is 30.3 Å². The molecule has 0 radical (unpaired) electrons. The summed E-state index contributed by atoms with van der Waals surface area (Å²) in [6.07, 6.45) is 4.29. The first-order valence-corrected chi connectivity index (χ1v) is 9.26. The van der Waals surface area contributed by atoms with Gasteiger partial charge in [-0.25, -0.2) is 4.79 Å². The lowest BCUT2D eigenvalue weighted by Crippen LogP contribution is -2.53. The van der Waals surface area contributed by atoms with Gasteiger partial charge in [0.1, 0.15) is 5.60 Å². The third kappa shape index (κ3) is 4.65. The summed E-state index contributed by atoms with van der Waals surface area (Å²) in [5, 5.41) is 3.02. The molecule has 1 N–H and O–H groups in total. The van der Waals surface area contributed by atoms with Gasteiger partial charge in [-0.3, -0.25) is 0 Å². The summed E-state index contributed by atoms with van der Waals surface area (Å²) >= 11 is 1.85. The molecule has 1 atom stereocenters. The van der Waals surface area contributed by atoms with Crippen LogP contribution in [0.1, 0.15) is 25.3 Å². The molecule has 0 bridgehead atoms. The molecule has 0 saturated carbocycles. The topological polar surface area (TPSA) is 41.6 Å². The van der Waals surface area contributed by atoms with E-state index < -0.39 is 5.60 Å². The second kappa shape index (κ2) is 8.44. The number of rotatable bonds is 6. The lowest BCUT2D eigenvalue weighted by molar-refractivity contribution is -0.0906. The highest BCUT2D eigenvalue weighted by Gasteiger charge is 2.35. The number of morpholine rings is 1. The molecule has 0 aromatic heterocycles. The van der Waals surface area contributed by atoms with E-state index in [2.05, 4.69) is 30.6 Å². The first kappa shape index (κ1) is 17.2. The normalized spacial score (nSPS) is 21.6. The molecule has 4 nitrogen and oxygen atoms in total. The van der Waals surface area contributed by atoms with Crippen molar-refractivity contribution in [1.29, 1.82) is 0 Å². The first-order valence-electron chi connectivity index (χ1n) is 7.87. The smallest absolute Gasteiger partial charge is 0.317 e. The largest absolute Gasteiger partial charge is 0.367 e. The molecular formula is C17H26N2O2S. The van der Waals surface area contributed by atoms with Gasteiger partial charge < -0.3 is 15.0 Å². The fourth-order valence-electron chi connectivity index (χ4n) is 2.69. The SMILES string of the molecule is CSCCCCNC(=O)N1CCOC(C)(c2ccccc2)C1. The van der Waals surface area contributed by atoms with Gasteiger partial charge in [-0.1, -0.05) is 30.3 Å². The Kier molecular flexibility index (Phi) is 6.58. The Hall–Kier alpha value is -1.20. The molecule has 1 aromatic rings. The van der Waals surface area contributed by atoms with Crippen LogP contribution < -0.4 is 5.32 Å². The number of urea groups is 1. The van der Waals surface area contributed by atoms with Gasteiger partial charge in [0.25, 0.3) is 0 Å². The summed E-state index contributed by atoms with van der Waals surface area (Å²) in [5.74, 6) is 1.15. The molecular weight excluding hydrogens is 296 g/mol. The maximum Gasteiger partial charge on any atom is 0.317 e. The predicted molar refractivity (Wildman–Crippen MR) is 92.3 cm³/mol. The van der Waals surface area contributed by atoms with Crippen molar-refractivity contribution in [3.63, 3.8) is 0 Å². The van der Waals surface area contributed by atoms with Crippen molar-refractivity contribution < 1.29 is 9.53 Å². The van der Waals surface area contributed by atoms with Crippen LogP contribution in [0.5, 0.6) is 0 Å². The third-order valence-electron chi connectivity index (χ3n) is 4.00. The number of unbranched alkanes of at least 4 members (excludes halogenated alkanes) is 1. The maximum atomic E-state index is 12.3. The standard InChI is InChI=1S/C17H26N2O2S/c1-17(15-8-4-3-5-9-15)14-19(11-12-21-17)16(20)18-10-6-7-13-22-2/h3-5,8-9H,6-7,10-14H2,1-2H3,(H,18,20). The van der Waals surface area contributed by atoms with Crippen LogP contribution in [-0.2, 0) is 10.3 Å². The van der Waals surface area contributed by atoms with Crippen LogP contribution in [0, 0.1) is 0 Å². The summed E-state index contributed by atoms with van der Waals surface area (Å²) in [4.78, 5) is 14.2. The maximum absolute atomic E-state index is 12.3. The quantitative estimate of drug-likeness (QED) is 0.818. The van der Waals surface area contributed by atoms with Crippen LogP contribution in [0.3, 0.4) is 0 Å². The third-order valence-corrected chi connectivity index (χ3v) is 4.69. The molecule has 22 heavy (non-hydrogen) atoms. The zero-order chi connectivity index (χ0) is 15.8. The highest BCUT2D eigenvalue weighted by molar-refractivity contribution is 7.98. The zero-order valence-corrected chi connectivity index (χ0v) is 14.3. The van der Waals surface area contributed by atoms with Crippen molar-refractivity contribution in [3.8, 4) is 0 Å². The summed E-state index contributed by atoms with van der Waals surface area (Å²) < 4.78 is 5.97. The van der Waals surface area contributed by atoms with Crippen molar-refractivity contribution in [2.45, 2.75) is 25.4 Å². The van der Waals surface area contributed by atoms with Gasteiger partial charge in [0.2, 0.25) is 0 Å². The molecule has 2 rings (SSSR count). The van der Waals surface area contributed by atoms with Crippen molar-refractivity contribution in [2.75, 3.05) is 38.2 Å². The van der Waals surface area contributed by atoms with Gasteiger partial charge in [0.15, 0.2) is 0 Å². The lowest BCUT2D eigenvalue weighted by Gasteiger charge is -2.40. The molecule has 0 spiro atoms. The Morgan fingerprint density at radius 2 is 2.14 bits per heavy atom. The van der Waals surface area contributed by atoms with Crippen molar-refractivity contribution >= 4 is 17.8 Å². The van der Waals surface area contributed by atoms with Crippen LogP contribution in [-0.4, -0.2) is 49.2 Å². The van der Waals surface area contributed by atoms with Gasteiger partial charge in [0.05, 0.1) is 13.2 Å². The molecule has 1 saturated heterocycles. The van der Waals surface area contributed by atoms with E-state index in [1.165, 1.54) is 0 Å². The van der Waals surface area contributed by atoms with Crippen molar-refractivity contribution in [3.05, 3.63) is 35.9 Å². The van der Waals surface area contributed by atoms with Gasteiger partial charge in [0, 0.05) is 13.1 Å². The Labute approximate surface area is 137 Å². The van der Waals surface area contributed by atoms with E-state index >= 15 is 0 Å². The second-order valence-electron chi connectivity index (χ2n) is 5.80. The minimum Gasteiger partial charge on any atom is -0.367 e. The summed E-state index contributed by atoms with van der Waals surface area (Å²) in [6, 6.07) is 10.2. The van der Waals surface area contributed by atoms with Gasteiger partial charge in [-0.05, 0) is 37.3 Å². The molecule has 1 aliphatic rings. The molecule has 2 amide bonds. The van der Waals surface area contributed by atoms with Crippen LogP contribution in [0.4, 0.5) is 4.79 Å². The number of hydrogen-bond acceptors (Lipinski definition) is 3. The second-order valence-corrected chi connectivity index (χ2v) is 6.78. The molecule has 1 aromatic carbocycles. The number of carbonyl (C=O) groups is 1. The number of thioether (sulfide) groups is 1. The molecule has 0 aliphatic carbocycles. The molecule has 1 fully saturated rings. The van der Waals surface area contributed by atoms with Crippen LogP contribution >= 0.6 is 11.8 Å². The van der Waals surface area contributed by atoms with E-state index in [0.717, 1.165) is 30.7 Å². The van der Waals surface area contributed by atoms with E-state index in [1.807, 2.05) is 34.9 Å². The van der Waals surface area contributed by atoms with Gasteiger partial charge >= 0.3 is 6.03 Å². The van der Waals surface area contributed by atoms with Crippen molar-refractivity contribution in [1.82, 2.24) is 10.2 Å². The number of carbonyl (C=O) groups excluding carboxylic acids is 1. The number of amides is 2. The molecule has 1 unspecified atom stereocenters.